The van der Waals surface area contributed by atoms with Gasteiger partial charge in [-0.15, -0.1) is 0 Å². The number of nitrogens with one attached hydrogen (secondary N) is 1. The van der Waals surface area contributed by atoms with Gasteiger partial charge in [0.25, 0.3) is 0 Å². The predicted octanol–water partition coefficient (Wildman–Crippen LogP) is 5.12. The first kappa shape index (κ1) is 15.4. The normalized spacial score (nSPS) is 12.3. The number of hydrogen-bond donors (Lipinski definition) is 1. The Morgan fingerprint density at radius 3 is 2.19 bits per heavy atom. The predicted molar refractivity (Wildman–Crippen MR) is 90.1 cm³/mol. The SMILES string of the molecule is COc1c(C)ccc(NC(c2ccccc2)C(C)C)c1C. The molecule has 2 aromatic rings. The number of ether oxygens (including phenoxy) is 1. The Bertz CT molecular complexity index is 590. The van der Waals surface area contributed by atoms with Crippen molar-refractivity contribution in [3.8, 4) is 5.75 Å². The summed E-state index contributed by atoms with van der Waals surface area (Å²) in [5.41, 5.74) is 4.78. The highest BCUT2D eigenvalue weighted by molar-refractivity contribution is 5.60. The highest BCUT2D eigenvalue weighted by Crippen LogP contribution is 2.33. The maximum absolute atomic E-state index is 5.52. The lowest BCUT2D eigenvalue weighted by Crippen LogP contribution is -2.17. The van der Waals surface area contributed by atoms with Crippen molar-refractivity contribution in [3.63, 3.8) is 0 Å². The third kappa shape index (κ3) is 3.38. The second-order valence-corrected chi connectivity index (χ2v) is 5.86. The van der Waals surface area contributed by atoms with Crippen molar-refractivity contribution in [1.82, 2.24) is 0 Å². The Morgan fingerprint density at radius 2 is 1.62 bits per heavy atom. The number of anilines is 1. The van der Waals surface area contributed by atoms with Crippen LogP contribution in [0.2, 0.25) is 0 Å². The second-order valence-electron chi connectivity index (χ2n) is 5.86. The number of hydrogen-bond acceptors (Lipinski definition) is 2. The van der Waals surface area contributed by atoms with Gasteiger partial charge in [-0.05, 0) is 37.0 Å². The molecule has 0 heterocycles. The Kier molecular flexibility index (Phi) is 4.89. The van der Waals surface area contributed by atoms with Crippen molar-refractivity contribution in [3.05, 3.63) is 59.2 Å². The van der Waals surface area contributed by atoms with Crippen LogP contribution in [0, 0.1) is 19.8 Å². The molecule has 112 valence electrons. The zero-order valence-corrected chi connectivity index (χ0v) is 13.6. The molecule has 1 N–H and O–H groups in total. The van der Waals surface area contributed by atoms with E-state index >= 15 is 0 Å². The molecule has 0 aromatic heterocycles. The van der Waals surface area contributed by atoms with Gasteiger partial charge < -0.3 is 10.1 Å². The summed E-state index contributed by atoms with van der Waals surface area (Å²) in [7, 11) is 1.73. The summed E-state index contributed by atoms with van der Waals surface area (Å²) in [5.74, 6) is 1.47. The van der Waals surface area contributed by atoms with Gasteiger partial charge in [-0.1, -0.05) is 50.2 Å². The molecular weight excluding hydrogens is 258 g/mol. The van der Waals surface area contributed by atoms with E-state index < -0.39 is 0 Å². The summed E-state index contributed by atoms with van der Waals surface area (Å²) >= 11 is 0. The van der Waals surface area contributed by atoms with E-state index in [-0.39, 0.29) is 6.04 Å². The van der Waals surface area contributed by atoms with Crippen LogP contribution in [0.4, 0.5) is 5.69 Å². The smallest absolute Gasteiger partial charge is 0.126 e. The number of rotatable bonds is 5. The summed E-state index contributed by atoms with van der Waals surface area (Å²) in [6.07, 6.45) is 0. The monoisotopic (exact) mass is 283 g/mol. The molecular formula is C19H25NO. The summed E-state index contributed by atoms with van der Waals surface area (Å²) in [6.45, 7) is 8.67. The van der Waals surface area contributed by atoms with Crippen LogP contribution in [-0.2, 0) is 0 Å². The lowest BCUT2D eigenvalue weighted by molar-refractivity contribution is 0.408. The van der Waals surface area contributed by atoms with Crippen LogP contribution in [0.25, 0.3) is 0 Å². The summed E-state index contributed by atoms with van der Waals surface area (Å²) in [5, 5.41) is 3.68. The zero-order valence-electron chi connectivity index (χ0n) is 13.6. The van der Waals surface area contributed by atoms with Crippen LogP contribution in [0.5, 0.6) is 5.75 Å². The highest BCUT2D eigenvalue weighted by atomic mass is 16.5. The molecule has 2 heteroatoms. The van der Waals surface area contributed by atoms with Crippen molar-refractivity contribution in [2.45, 2.75) is 33.7 Å². The minimum Gasteiger partial charge on any atom is -0.496 e. The fraction of sp³-hybridized carbons (Fsp3) is 0.368. The topological polar surface area (TPSA) is 21.3 Å². The fourth-order valence-corrected chi connectivity index (χ4v) is 2.76. The number of benzene rings is 2. The van der Waals surface area contributed by atoms with E-state index in [2.05, 4.69) is 75.5 Å². The van der Waals surface area contributed by atoms with Gasteiger partial charge in [0, 0.05) is 11.3 Å². The van der Waals surface area contributed by atoms with Crippen LogP contribution in [0.1, 0.15) is 36.6 Å². The van der Waals surface area contributed by atoms with Crippen LogP contribution in [0.15, 0.2) is 42.5 Å². The summed E-state index contributed by atoms with van der Waals surface area (Å²) < 4.78 is 5.52. The third-order valence-electron chi connectivity index (χ3n) is 3.94. The van der Waals surface area contributed by atoms with Gasteiger partial charge in [-0.3, -0.25) is 0 Å². The zero-order chi connectivity index (χ0) is 15.4. The fourth-order valence-electron chi connectivity index (χ4n) is 2.76. The molecule has 21 heavy (non-hydrogen) atoms. The molecule has 1 atom stereocenters. The Morgan fingerprint density at radius 1 is 0.952 bits per heavy atom. The van der Waals surface area contributed by atoms with E-state index in [9.17, 15) is 0 Å². The van der Waals surface area contributed by atoms with Crippen LogP contribution in [-0.4, -0.2) is 7.11 Å². The molecule has 2 aromatic carbocycles. The molecule has 0 aliphatic rings. The lowest BCUT2D eigenvalue weighted by atomic mass is 9.95. The molecule has 0 saturated heterocycles. The van der Waals surface area contributed by atoms with Gasteiger partial charge in [-0.25, -0.2) is 0 Å². The summed E-state index contributed by atoms with van der Waals surface area (Å²) in [4.78, 5) is 0. The highest BCUT2D eigenvalue weighted by Gasteiger charge is 2.17. The molecule has 0 amide bonds. The van der Waals surface area contributed by atoms with E-state index in [4.69, 9.17) is 4.74 Å². The van der Waals surface area contributed by atoms with E-state index in [1.807, 2.05) is 0 Å². The molecule has 0 fully saturated rings. The number of aryl methyl sites for hydroxylation is 1. The Balaban J connectivity index is 2.34. The Hall–Kier alpha value is -1.96. The minimum absolute atomic E-state index is 0.289. The first-order valence-corrected chi connectivity index (χ1v) is 7.50. The molecule has 0 saturated carbocycles. The first-order chi connectivity index (χ1) is 10.0. The van der Waals surface area contributed by atoms with E-state index in [1.165, 1.54) is 16.7 Å². The van der Waals surface area contributed by atoms with Gasteiger partial charge >= 0.3 is 0 Å². The van der Waals surface area contributed by atoms with Gasteiger partial charge in [0.05, 0.1) is 13.2 Å². The van der Waals surface area contributed by atoms with Crippen LogP contribution >= 0.6 is 0 Å². The van der Waals surface area contributed by atoms with Crippen molar-refractivity contribution in [2.24, 2.45) is 5.92 Å². The second kappa shape index (κ2) is 6.66. The largest absolute Gasteiger partial charge is 0.496 e. The van der Waals surface area contributed by atoms with Gasteiger partial charge in [0.1, 0.15) is 5.75 Å². The quantitative estimate of drug-likeness (QED) is 0.822. The Labute approximate surface area is 128 Å². The first-order valence-electron chi connectivity index (χ1n) is 7.50. The van der Waals surface area contributed by atoms with Crippen molar-refractivity contribution < 1.29 is 4.74 Å². The van der Waals surface area contributed by atoms with E-state index in [0.29, 0.717) is 5.92 Å². The molecule has 0 aliphatic carbocycles. The van der Waals surface area contributed by atoms with Crippen molar-refractivity contribution in [1.29, 1.82) is 0 Å². The van der Waals surface area contributed by atoms with Crippen molar-refractivity contribution >= 4 is 5.69 Å². The van der Waals surface area contributed by atoms with Crippen molar-refractivity contribution in [2.75, 3.05) is 12.4 Å². The maximum atomic E-state index is 5.52. The molecule has 2 nitrogen and oxygen atoms in total. The van der Waals surface area contributed by atoms with Gasteiger partial charge in [0.15, 0.2) is 0 Å². The van der Waals surface area contributed by atoms with Gasteiger partial charge in [0.2, 0.25) is 0 Å². The van der Waals surface area contributed by atoms with Crippen LogP contribution in [0.3, 0.4) is 0 Å². The average Bonchev–Trinajstić information content (AvgIpc) is 2.47. The molecule has 0 aliphatic heterocycles. The maximum Gasteiger partial charge on any atom is 0.126 e. The molecule has 2 rings (SSSR count). The standard InChI is InChI=1S/C19H25NO/c1-13(2)18(16-9-7-6-8-10-16)20-17-12-11-14(3)19(21-5)15(17)4/h6-13,18,20H,1-5H3. The van der Waals surface area contributed by atoms with E-state index in [1.54, 1.807) is 7.11 Å². The lowest BCUT2D eigenvalue weighted by Gasteiger charge is -2.26. The molecule has 0 bridgehead atoms. The minimum atomic E-state index is 0.289. The molecule has 1 unspecified atom stereocenters. The summed E-state index contributed by atoms with van der Waals surface area (Å²) in [6, 6.07) is 15.1. The molecule has 0 spiro atoms. The molecule has 0 radical (unpaired) electrons. The average molecular weight is 283 g/mol. The van der Waals surface area contributed by atoms with Gasteiger partial charge in [-0.2, -0.15) is 0 Å². The number of methoxy groups -OCH3 is 1. The van der Waals surface area contributed by atoms with Crippen LogP contribution < -0.4 is 10.1 Å². The van der Waals surface area contributed by atoms with E-state index in [0.717, 1.165) is 11.4 Å². The third-order valence-corrected chi connectivity index (χ3v) is 3.94.